The van der Waals surface area contributed by atoms with Crippen LogP contribution in [0.5, 0.6) is 0 Å². The molecule has 2 aromatic carbocycles. The first-order chi connectivity index (χ1) is 8.88. The Labute approximate surface area is 121 Å². The van der Waals surface area contributed by atoms with E-state index in [-0.39, 0.29) is 9.66 Å². The van der Waals surface area contributed by atoms with Gasteiger partial charge in [-0.25, -0.2) is 0 Å². The second-order valence-electron chi connectivity index (χ2n) is 4.04. The number of aliphatic hydroxyl groups excluding tert-OH is 1. The fraction of sp³-hybridized carbons (Fsp3) is 0.143. The highest BCUT2D eigenvalue weighted by molar-refractivity contribution is 14.1. The van der Waals surface area contributed by atoms with Crippen molar-refractivity contribution in [3.63, 3.8) is 0 Å². The lowest BCUT2D eigenvalue weighted by Crippen LogP contribution is -2.06. The first-order valence-electron chi connectivity index (χ1n) is 5.49. The molecule has 0 bridgehead atoms. The van der Waals surface area contributed by atoms with Crippen molar-refractivity contribution in [3.05, 3.63) is 57.7 Å². The predicted molar refractivity (Wildman–Crippen MR) is 77.1 cm³/mol. The Morgan fingerprint density at radius 1 is 1.11 bits per heavy atom. The van der Waals surface area contributed by atoms with Crippen molar-refractivity contribution in [1.29, 1.82) is 0 Å². The van der Waals surface area contributed by atoms with E-state index in [1.54, 1.807) is 24.3 Å². The van der Waals surface area contributed by atoms with E-state index < -0.39 is 12.3 Å². The Morgan fingerprint density at radius 3 is 2.42 bits per heavy atom. The average molecular weight is 378 g/mol. The van der Waals surface area contributed by atoms with Crippen LogP contribution in [0.25, 0.3) is 10.8 Å². The lowest BCUT2D eigenvalue weighted by Gasteiger charge is -2.14. The van der Waals surface area contributed by atoms with Crippen molar-refractivity contribution in [1.82, 2.24) is 0 Å². The molecule has 0 aromatic heterocycles. The van der Waals surface area contributed by atoms with Gasteiger partial charge in [0.2, 0.25) is 0 Å². The number of benzene rings is 2. The second kappa shape index (κ2) is 5.50. The summed E-state index contributed by atoms with van der Waals surface area (Å²) in [6.45, 7) is 0. The van der Waals surface area contributed by atoms with E-state index in [0.717, 1.165) is 10.8 Å². The highest BCUT2D eigenvalue weighted by Gasteiger charge is 2.26. The molecule has 0 radical (unpaired) electrons. The zero-order valence-electron chi connectivity index (χ0n) is 9.66. The second-order valence-corrected chi connectivity index (χ2v) is 5.29. The molecule has 0 amide bonds. The summed E-state index contributed by atoms with van der Waals surface area (Å²) in [6, 6.07) is 12.5. The molecular formula is C14H10F3IO. The number of alkyl halides is 3. The quantitative estimate of drug-likeness (QED) is 0.748. The van der Waals surface area contributed by atoms with Crippen LogP contribution in [-0.2, 0) is 0 Å². The standard InChI is InChI=1S/C14H10F3IO/c15-14(16,17)8-12(18)13(19)11-7-3-5-9-4-1-2-6-10(9)11/h1-8,13,19H/b12-8-. The maximum atomic E-state index is 12.3. The summed E-state index contributed by atoms with van der Waals surface area (Å²) < 4.78 is 36.8. The number of fused-ring (bicyclic) bond motifs is 1. The molecule has 0 saturated heterocycles. The number of hydrogen-bond donors (Lipinski definition) is 1. The van der Waals surface area contributed by atoms with Crippen molar-refractivity contribution in [3.8, 4) is 0 Å². The van der Waals surface area contributed by atoms with E-state index in [0.29, 0.717) is 5.56 Å². The number of allylic oxidation sites excluding steroid dienone is 1. The summed E-state index contributed by atoms with van der Waals surface area (Å²) >= 11 is 1.52. The molecule has 5 heteroatoms. The summed E-state index contributed by atoms with van der Waals surface area (Å²) in [5, 5.41) is 11.7. The molecule has 19 heavy (non-hydrogen) atoms. The largest absolute Gasteiger partial charge is 0.410 e. The van der Waals surface area contributed by atoms with E-state index in [4.69, 9.17) is 0 Å². The zero-order chi connectivity index (χ0) is 14.0. The summed E-state index contributed by atoms with van der Waals surface area (Å²) in [5.41, 5.74) is 0.475. The molecule has 1 nitrogen and oxygen atoms in total. The minimum Gasteiger partial charge on any atom is -0.383 e. The molecule has 0 aliphatic heterocycles. The SMILES string of the molecule is OC(/C(I)=C/C(F)(F)F)c1cccc2ccccc12. The zero-order valence-corrected chi connectivity index (χ0v) is 11.8. The highest BCUT2D eigenvalue weighted by Crippen LogP contribution is 2.34. The number of halogens is 4. The third-order valence-corrected chi connectivity index (χ3v) is 3.58. The molecule has 0 aliphatic carbocycles. The maximum absolute atomic E-state index is 12.3. The van der Waals surface area contributed by atoms with Crippen molar-refractivity contribution in [2.75, 3.05) is 0 Å². The van der Waals surface area contributed by atoms with E-state index in [1.807, 2.05) is 18.2 Å². The monoisotopic (exact) mass is 378 g/mol. The summed E-state index contributed by atoms with van der Waals surface area (Å²) in [7, 11) is 0. The van der Waals surface area contributed by atoms with Crippen LogP contribution in [0.2, 0.25) is 0 Å². The first-order valence-corrected chi connectivity index (χ1v) is 6.57. The first kappa shape index (κ1) is 14.3. The molecule has 0 saturated carbocycles. The molecule has 2 aromatic rings. The Hall–Kier alpha value is -1.08. The topological polar surface area (TPSA) is 20.2 Å². The summed E-state index contributed by atoms with van der Waals surface area (Å²) in [6.07, 6.45) is -5.57. The fourth-order valence-corrected chi connectivity index (χ4v) is 2.56. The van der Waals surface area contributed by atoms with Gasteiger partial charge in [0.15, 0.2) is 0 Å². The van der Waals surface area contributed by atoms with Crippen LogP contribution >= 0.6 is 22.6 Å². The molecule has 100 valence electrons. The van der Waals surface area contributed by atoms with Gasteiger partial charge < -0.3 is 5.11 Å². The smallest absolute Gasteiger partial charge is 0.383 e. The van der Waals surface area contributed by atoms with Crippen molar-refractivity contribution in [2.24, 2.45) is 0 Å². The maximum Gasteiger partial charge on any atom is 0.410 e. The van der Waals surface area contributed by atoms with E-state index in [1.165, 1.54) is 22.6 Å². The Morgan fingerprint density at radius 2 is 1.74 bits per heavy atom. The Bertz CT molecular complexity index is 614. The number of aliphatic hydroxyl groups is 1. The van der Waals surface area contributed by atoms with Crippen LogP contribution in [0.4, 0.5) is 13.2 Å². The molecule has 1 unspecified atom stereocenters. The van der Waals surface area contributed by atoms with Gasteiger partial charge in [-0.05, 0) is 38.9 Å². The van der Waals surface area contributed by atoms with Gasteiger partial charge >= 0.3 is 6.18 Å². The van der Waals surface area contributed by atoms with Gasteiger partial charge in [0.1, 0.15) is 6.10 Å². The molecule has 0 heterocycles. The van der Waals surface area contributed by atoms with Gasteiger partial charge in [0, 0.05) is 9.66 Å². The van der Waals surface area contributed by atoms with E-state index >= 15 is 0 Å². The van der Waals surface area contributed by atoms with Crippen LogP contribution < -0.4 is 0 Å². The van der Waals surface area contributed by atoms with Gasteiger partial charge in [0.05, 0.1) is 0 Å². The van der Waals surface area contributed by atoms with Crippen molar-refractivity contribution < 1.29 is 18.3 Å². The Kier molecular flexibility index (Phi) is 4.15. The van der Waals surface area contributed by atoms with Crippen LogP contribution in [-0.4, -0.2) is 11.3 Å². The normalized spacial score (nSPS) is 14.7. The minimum absolute atomic E-state index is 0.125. The van der Waals surface area contributed by atoms with Gasteiger partial charge in [-0.2, -0.15) is 13.2 Å². The molecular weight excluding hydrogens is 368 g/mol. The van der Waals surface area contributed by atoms with Gasteiger partial charge in [0.25, 0.3) is 0 Å². The Balaban J connectivity index is 2.47. The molecule has 0 aliphatic rings. The minimum atomic E-state index is -4.43. The molecule has 1 atom stereocenters. The lowest BCUT2D eigenvalue weighted by molar-refractivity contribution is -0.0807. The molecule has 0 spiro atoms. The van der Waals surface area contributed by atoms with Crippen LogP contribution in [0.15, 0.2) is 52.1 Å². The molecule has 2 rings (SSSR count). The number of rotatable bonds is 2. The van der Waals surface area contributed by atoms with Crippen molar-refractivity contribution >= 4 is 33.4 Å². The third kappa shape index (κ3) is 3.48. The van der Waals surface area contributed by atoms with Crippen LogP contribution in [0, 0.1) is 0 Å². The average Bonchev–Trinajstić information content (AvgIpc) is 2.35. The van der Waals surface area contributed by atoms with Gasteiger partial charge in [-0.3, -0.25) is 0 Å². The third-order valence-electron chi connectivity index (χ3n) is 2.68. The highest BCUT2D eigenvalue weighted by atomic mass is 127. The van der Waals surface area contributed by atoms with Crippen LogP contribution in [0.1, 0.15) is 11.7 Å². The summed E-state index contributed by atoms with van der Waals surface area (Å²) in [5.74, 6) is 0. The van der Waals surface area contributed by atoms with Crippen molar-refractivity contribution in [2.45, 2.75) is 12.3 Å². The number of hydrogen-bond acceptors (Lipinski definition) is 1. The summed E-state index contributed by atoms with van der Waals surface area (Å²) in [4.78, 5) is 0. The van der Waals surface area contributed by atoms with Gasteiger partial charge in [-0.1, -0.05) is 42.5 Å². The molecule has 0 fully saturated rings. The van der Waals surface area contributed by atoms with E-state index in [2.05, 4.69) is 0 Å². The molecule has 1 N–H and O–H groups in total. The van der Waals surface area contributed by atoms with E-state index in [9.17, 15) is 18.3 Å². The van der Waals surface area contributed by atoms with Gasteiger partial charge in [-0.15, -0.1) is 0 Å². The fourth-order valence-electron chi connectivity index (χ4n) is 1.87. The van der Waals surface area contributed by atoms with Crippen LogP contribution in [0.3, 0.4) is 0 Å². The lowest BCUT2D eigenvalue weighted by atomic mass is 10.0. The predicted octanol–water partition coefficient (Wildman–Crippen LogP) is 4.75.